The number of amides is 2. The maximum atomic E-state index is 13.8. The summed E-state index contributed by atoms with van der Waals surface area (Å²) in [5.74, 6) is -1.12. The molecule has 1 atom stereocenters. The summed E-state index contributed by atoms with van der Waals surface area (Å²) < 4.78 is 30.2. The van der Waals surface area contributed by atoms with Crippen molar-refractivity contribution in [3.8, 4) is 17.4 Å². The minimum Gasteiger partial charge on any atom is -0.457 e. The summed E-state index contributed by atoms with van der Waals surface area (Å²) in [6.07, 6.45) is 1.61. The lowest BCUT2D eigenvalue weighted by atomic mass is 9.87. The van der Waals surface area contributed by atoms with Crippen LogP contribution in [0, 0.1) is 11.3 Å². The van der Waals surface area contributed by atoms with Crippen molar-refractivity contribution in [1.82, 2.24) is 4.90 Å². The average Bonchev–Trinajstić information content (AvgIpc) is 3.47. The summed E-state index contributed by atoms with van der Waals surface area (Å²) in [4.78, 5) is 28.0. The Kier molecular flexibility index (Phi) is 6.12. The largest absolute Gasteiger partial charge is 0.457 e. The second-order valence-corrected chi connectivity index (χ2v) is 11.1. The molecular formula is C27H19ClN2O5S. The molecule has 9 heteroatoms. The molecule has 0 aliphatic carbocycles. The van der Waals surface area contributed by atoms with Crippen LogP contribution in [0.5, 0.6) is 0 Å². The molecule has 3 heterocycles. The van der Waals surface area contributed by atoms with E-state index in [1.165, 1.54) is 6.08 Å². The van der Waals surface area contributed by atoms with Gasteiger partial charge in [0.25, 0.3) is 11.8 Å². The van der Waals surface area contributed by atoms with Crippen molar-refractivity contribution >= 4 is 44.9 Å². The zero-order chi connectivity index (χ0) is 25.4. The number of nitrogens with zero attached hydrogens (tertiary/aromatic N) is 2. The molecule has 7 nitrogen and oxygen atoms in total. The molecule has 0 saturated carbocycles. The van der Waals surface area contributed by atoms with Crippen LogP contribution in [-0.4, -0.2) is 42.7 Å². The van der Waals surface area contributed by atoms with E-state index in [1.54, 1.807) is 60.7 Å². The number of furan rings is 1. The zero-order valence-corrected chi connectivity index (χ0v) is 20.4. The van der Waals surface area contributed by atoms with E-state index in [9.17, 15) is 23.3 Å². The molecule has 0 bridgehead atoms. The molecule has 0 N–H and O–H groups in total. The number of sulfone groups is 1. The third kappa shape index (κ3) is 4.28. The average molecular weight is 519 g/mol. The maximum Gasteiger partial charge on any atom is 0.272 e. The third-order valence-corrected chi connectivity index (χ3v) is 8.28. The number of nitriles is 1. The first kappa shape index (κ1) is 23.8. The van der Waals surface area contributed by atoms with E-state index in [1.807, 2.05) is 12.1 Å². The predicted molar refractivity (Wildman–Crippen MR) is 135 cm³/mol. The van der Waals surface area contributed by atoms with Crippen LogP contribution in [0.4, 0.5) is 0 Å². The zero-order valence-electron chi connectivity index (χ0n) is 18.8. The Morgan fingerprint density at radius 3 is 2.39 bits per heavy atom. The number of rotatable bonds is 4. The van der Waals surface area contributed by atoms with Gasteiger partial charge in [0.1, 0.15) is 23.2 Å². The van der Waals surface area contributed by atoms with E-state index in [0.717, 1.165) is 4.90 Å². The number of carbonyl (C=O) groups excluding carboxylic acids is 2. The van der Waals surface area contributed by atoms with Gasteiger partial charge in [-0.3, -0.25) is 14.5 Å². The van der Waals surface area contributed by atoms with Crippen LogP contribution in [0.1, 0.15) is 17.7 Å². The Morgan fingerprint density at radius 1 is 1.00 bits per heavy atom. The summed E-state index contributed by atoms with van der Waals surface area (Å²) in [7, 11) is -3.38. The Bertz CT molecular complexity index is 1600. The Labute approximate surface area is 212 Å². The van der Waals surface area contributed by atoms with Gasteiger partial charge < -0.3 is 4.42 Å². The van der Waals surface area contributed by atoms with E-state index >= 15 is 0 Å². The highest BCUT2D eigenvalue weighted by Crippen LogP contribution is 2.38. The van der Waals surface area contributed by atoms with Crippen LogP contribution in [0.3, 0.4) is 0 Å². The highest BCUT2D eigenvalue weighted by atomic mass is 35.5. The molecule has 2 aliphatic heterocycles. The van der Waals surface area contributed by atoms with Gasteiger partial charge in [0.2, 0.25) is 0 Å². The molecule has 3 aromatic rings. The predicted octanol–water partition coefficient (Wildman–Crippen LogP) is 4.52. The van der Waals surface area contributed by atoms with Crippen LogP contribution < -0.4 is 0 Å². The van der Waals surface area contributed by atoms with Gasteiger partial charge >= 0.3 is 0 Å². The fraction of sp³-hybridized carbons (Fsp3) is 0.148. The SMILES string of the molecule is N#CC1=C(c2ccccc2)/C(=C\c2ccc(-c3ccccc3Cl)o2)C(=O)N([C@@H]2CCS(=O)(=O)C2)C1=O. The number of hydrogen-bond acceptors (Lipinski definition) is 6. The maximum absolute atomic E-state index is 13.8. The molecular weight excluding hydrogens is 500 g/mol. The molecule has 180 valence electrons. The number of benzene rings is 2. The fourth-order valence-electron chi connectivity index (χ4n) is 4.52. The lowest BCUT2D eigenvalue weighted by Gasteiger charge is -2.32. The standard InChI is InChI=1S/C27H19ClN2O5S/c28-23-9-5-4-8-20(23)24-11-10-19(35-24)14-21-25(17-6-2-1-3-7-17)22(15-29)27(32)30(26(21)31)18-12-13-36(33,34)16-18/h1-11,14,18H,12-13,16H2/b21-14+/t18-/m1/s1. The molecule has 1 aromatic heterocycles. The van der Waals surface area contributed by atoms with Gasteiger partial charge in [0.15, 0.2) is 9.84 Å². The van der Waals surface area contributed by atoms with Crippen LogP contribution in [-0.2, 0) is 19.4 Å². The first-order valence-corrected chi connectivity index (χ1v) is 13.3. The van der Waals surface area contributed by atoms with E-state index in [-0.39, 0.29) is 34.6 Å². The van der Waals surface area contributed by atoms with E-state index in [2.05, 4.69) is 0 Å². The quantitative estimate of drug-likeness (QED) is 0.371. The van der Waals surface area contributed by atoms with Gasteiger partial charge in [-0.25, -0.2) is 8.42 Å². The summed E-state index contributed by atoms with van der Waals surface area (Å²) in [5.41, 5.74) is 1.21. The lowest BCUT2D eigenvalue weighted by Crippen LogP contribution is -2.49. The van der Waals surface area contributed by atoms with Gasteiger partial charge in [-0.1, -0.05) is 54.1 Å². The van der Waals surface area contributed by atoms with Crippen molar-refractivity contribution < 1.29 is 22.4 Å². The van der Waals surface area contributed by atoms with Gasteiger partial charge in [-0.05, 0) is 42.3 Å². The topological polar surface area (TPSA) is 108 Å². The molecule has 1 saturated heterocycles. The summed E-state index contributed by atoms with van der Waals surface area (Å²) in [6.45, 7) is 0. The normalized spacial score (nSPS) is 20.7. The Balaban J connectivity index is 1.66. The number of hydrogen-bond donors (Lipinski definition) is 0. The lowest BCUT2D eigenvalue weighted by molar-refractivity contribution is -0.142. The molecule has 0 spiro atoms. The second-order valence-electron chi connectivity index (χ2n) is 8.50. The van der Waals surface area contributed by atoms with Gasteiger partial charge in [-0.2, -0.15) is 5.26 Å². The number of imide groups is 1. The number of carbonyl (C=O) groups is 2. The molecule has 0 unspecified atom stereocenters. The Hall–Kier alpha value is -3.93. The van der Waals surface area contributed by atoms with Crippen LogP contribution in [0.15, 0.2) is 82.3 Å². The van der Waals surface area contributed by atoms with E-state index in [0.29, 0.717) is 27.7 Å². The monoisotopic (exact) mass is 518 g/mol. The van der Waals surface area contributed by atoms with Crippen LogP contribution in [0.2, 0.25) is 5.02 Å². The smallest absolute Gasteiger partial charge is 0.272 e. The van der Waals surface area contributed by atoms with Gasteiger partial charge in [0.05, 0.1) is 28.1 Å². The molecule has 2 aliphatic rings. The second kappa shape index (κ2) is 9.26. The minimum absolute atomic E-state index is 0.0710. The summed E-state index contributed by atoms with van der Waals surface area (Å²) in [6, 6.07) is 20.3. The number of halogens is 1. The highest BCUT2D eigenvalue weighted by Gasteiger charge is 2.45. The van der Waals surface area contributed by atoms with Gasteiger partial charge in [-0.15, -0.1) is 0 Å². The van der Waals surface area contributed by atoms with Crippen LogP contribution in [0.25, 0.3) is 23.0 Å². The molecule has 2 aromatic carbocycles. The van der Waals surface area contributed by atoms with E-state index < -0.39 is 27.7 Å². The van der Waals surface area contributed by atoms with Gasteiger partial charge in [0, 0.05) is 11.1 Å². The molecule has 36 heavy (non-hydrogen) atoms. The summed E-state index contributed by atoms with van der Waals surface area (Å²) in [5, 5.41) is 10.5. The van der Waals surface area contributed by atoms with Crippen LogP contribution >= 0.6 is 11.6 Å². The molecule has 2 amide bonds. The molecule has 1 fully saturated rings. The third-order valence-electron chi connectivity index (χ3n) is 6.20. The minimum atomic E-state index is -3.38. The van der Waals surface area contributed by atoms with Crippen molar-refractivity contribution in [3.05, 3.63) is 94.2 Å². The molecule has 5 rings (SSSR count). The summed E-state index contributed by atoms with van der Waals surface area (Å²) >= 11 is 6.29. The Morgan fingerprint density at radius 2 is 1.72 bits per heavy atom. The van der Waals surface area contributed by atoms with Crippen molar-refractivity contribution in [3.63, 3.8) is 0 Å². The van der Waals surface area contributed by atoms with Crippen molar-refractivity contribution in [1.29, 1.82) is 5.26 Å². The van der Waals surface area contributed by atoms with Crippen molar-refractivity contribution in [2.24, 2.45) is 0 Å². The van der Waals surface area contributed by atoms with E-state index in [4.69, 9.17) is 16.0 Å². The highest BCUT2D eigenvalue weighted by molar-refractivity contribution is 7.91. The van der Waals surface area contributed by atoms with Crippen molar-refractivity contribution in [2.75, 3.05) is 11.5 Å². The van der Waals surface area contributed by atoms with Crippen molar-refractivity contribution in [2.45, 2.75) is 12.5 Å². The first-order valence-electron chi connectivity index (χ1n) is 11.1. The first-order chi connectivity index (χ1) is 17.3. The fourth-order valence-corrected chi connectivity index (χ4v) is 6.45. The molecule has 0 radical (unpaired) electrons.